The van der Waals surface area contributed by atoms with Crippen LogP contribution < -0.4 is 5.32 Å². The first-order valence-corrected chi connectivity index (χ1v) is 8.92. The maximum Gasteiger partial charge on any atom is 0.264 e. The van der Waals surface area contributed by atoms with Crippen molar-refractivity contribution in [2.45, 2.75) is 6.54 Å². The van der Waals surface area contributed by atoms with Crippen LogP contribution in [0.15, 0.2) is 47.8 Å². The summed E-state index contributed by atoms with van der Waals surface area (Å²) in [6, 6.07) is 14.0. The van der Waals surface area contributed by atoms with Crippen molar-refractivity contribution < 1.29 is 4.79 Å². The van der Waals surface area contributed by atoms with Gasteiger partial charge in [-0.05, 0) is 29.2 Å². The van der Waals surface area contributed by atoms with Gasteiger partial charge in [-0.15, -0.1) is 11.3 Å². The van der Waals surface area contributed by atoms with Crippen LogP contribution in [0, 0.1) is 0 Å². The summed E-state index contributed by atoms with van der Waals surface area (Å²) >= 11 is 6.97. The molecule has 0 radical (unpaired) electrons. The van der Waals surface area contributed by atoms with E-state index in [0.29, 0.717) is 13.1 Å². The number of nitrogens with one attached hydrogen (secondary N) is 1. The monoisotopic (exact) mass is 345 g/mol. The molecule has 0 saturated carbocycles. The molecule has 0 unspecified atom stereocenters. The highest BCUT2D eigenvalue weighted by Crippen LogP contribution is 2.14. The van der Waals surface area contributed by atoms with Crippen LogP contribution in [0.3, 0.4) is 0 Å². The molecular formula is C17H19N3OS2. The van der Waals surface area contributed by atoms with Crippen molar-refractivity contribution in [1.82, 2.24) is 15.1 Å². The lowest BCUT2D eigenvalue weighted by Crippen LogP contribution is -2.52. The van der Waals surface area contributed by atoms with Gasteiger partial charge in [0.1, 0.15) is 0 Å². The molecule has 6 heteroatoms. The number of benzene rings is 1. The number of thiocarbonyl (C=S) groups is 1. The van der Waals surface area contributed by atoms with Crippen molar-refractivity contribution in [3.8, 4) is 0 Å². The highest BCUT2D eigenvalue weighted by atomic mass is 32.1. The molecular weight excluding hydrogens is 326 g/mol. The van der Waals surface area contributed by atoms with Crippen LogP contribution in [0.4, 0.5) is 0 Å². The number of carbonyl (C=O) groups is 1. The number of amides is 1. The maximum atomic E-state index is 12.3. The molecule has 3 rings (SSSR count). The molecule has 0 aliphatic carbocycles. The Morgan fingerprint density at radius 3 is 2.39 bits per heavy atom. The van der Waals surface area contributed by atoms with Gasteiger partial charge in [0.15, 0.2) is 5.11 Å². The molecule has 1 aromatic carbocycles. The summed E-state index contributed by atoms with van der Waals surface area (Å²) in [6.07, 6.45) is 0. The average molecular weight is 345 g/mol. The quantitative estimate of drug-likeness (QED) is 0.868. The standard InChI is InChI=1S/C17H19N3OS2/c21-16(15-7-4-12-23-15)19-8-10-20(11-9-19)17(22)18-13-14-5-2-1-3-6-14/h1-7,12H,8-11,13H2,(H,18,22). The molecule has 2 aromatic rings. The number of nitrogens with zero attached hydrogens (tertiary/aromatic N) is 2. The maximum absolute atomic E-state index is 12.3. The molecule has 120 valence electrons. The Balaban J connectivity index is 1.47. The second-order valence-corrected chi connectivity index (χ2v) is 6.74. The SMILES string of the molecule is O=C(c1cccs1)N1CCN(C(=S)NCc2ccccc2)CC1. The van der Waals surface area contributed by atoms with Crippen molar-refractivity contribution in [2.24, 2.45) is 0 Å². The van der Waals surface area contributed by atoms with Gasteiger partial charge in [0.05, 0.1) is 4.88 Å². The highest BCUT2D eigenvalue weighted by molar-refractivity contribution is 7.80. The Labute approximate surface area is 145 Å². The summed E-state index contributed by atoms with van der Waals surface area (Å²) < 4.78 is 0. The van der Waals surface area contributed by atoms with E-state index in [1.165, 1.54) is 16.9 Å². The van der Waals surface area contributed by atoms with Crippen molar-refractivity contribution in [2.75, 3.05) is 26.2 Å². The summed E-state index contributed by atoms with van der Waals surface area (Å²) in [5, 5.41) is 5.99. The molecule has 0 atom stereocenters. The molecule has 1 N–H and O–H groups in total. The van der Waals surface area contributed by atoms with Gasteiger partial charge in [-0.3, -0.25) is 4.79 Å². The summed E-state index contributed by atoms with van der Waals surface area (Å²) in [5.41, 5.74) is 1.21. The summed E-state index contributed by atoms with van der Waals surface area (Å²) in [5.74, 6) is 0.128. The third kappa shape index (κ3) is 4.09. The van der Waals surface area contributed by atoms with E-state index in [9.17, 15) is 4.79 Å². The first kappa shape index (κ1) is 16.0. The largest absolute Gasteiger partial charge is 0.358 e. The lowest BCUT2D eigenvalue weighted by atomic mass is 10.2. The molecule has 1 saturated heterocycles. The Morgan fingerprint density at radius 2 is 1.74 bits per heavy atom. The molecule has 1 fully saturated rings. The van der Waals surface area contributed by atoms with Crippen molar-refractivity contribution in [3.63, 3.8) is 0 Å². The highest BCUT2D eigenvalue weighted by Gasteiger charge is 2.23. The topological polar surface area (TPSA) is 35.6 Å². The van der Waals surface area contributed by atoms with Gasteiger partial charge in [-0.2, -0.15) is 0 Å². The zero-order chi connectivity index (χ0) is 16.1. The minimum absolute atomic E-state index is 0.128. The number of carbonyl (C=O) groups excluding carboxylic acids is 1. The first-order valence-electron chi connectivity index (χ1n) is 7.63. The van der Waals surface area contributed by atoms with E-state index in [2.05, 4.69) is 22.3 Å². The zero-order valence-electron chi connectivity index (χ0n) is 12.8. The summed E-state index contributed by atoms with van der Waals surface area (Å²) in [7, 11) is 0. The minimum Gasteiger partial charge on any atom is -0.358 e. The van der Waals surface area contributed by atoms with E-state index in [0.717, 1.165) is 29.6 Å². The number of piperazine rings is 1. The Hall–Kier alpha value is -1.92. The van der Waals surface area contributed by atoms with Crippen LogP contribution in [-0.2, 0) is 6.54 Å². The molecule has 1 aromatic heterocycles. The van der Waals surface area contributed by atoms with E-state index >= 15 is 0 Å². The predicted octanol–water partition coefficient (Wildman–Crippen LogP) is 2.58. The molecule has 0 bridgehead atoms. The van der Waals surface area contributed by atoms with Crippen LogP contribution in [-0.4, -0.2) is 47.0 Å². The second-order valence-electron chi connectivity index (χ2n) is 5.40. The lowest BCUT2D eigenvalue weighted by Gasteiger charge is -2.36. The van der Waals surface area contributed by atoms with Crippen molar-refractivity contribution in [1.29, 1.82) is 0 Å². The van der Waals surface area contributed by atoms with Gasteiger partial charge in [0.25, 0.3) is 5.91 Å². The Kier molecular flexibility index (Phi) is 5.25. The second kappa shape index (κ2) is 7.57. The fraction of sp³-hybridized carbons (Fsp3) is 0.294. The number of thiophene rings is 1. The van der Waals surface area contributed by atoms with Crippen LogP contribution in [0.5, 0.6) is 0 Å². The van der Waals surface area contributed by atoms with E-state index in [4.69, 9.17) is 12.2 Å². The molecule has 0 spiro atoms. The number of hydrogen-bond donors (Lipinski definition) is 1. The van der Waals surface area contributed by atoms with Crippen LogP contribution in [0.1, 0.15) is 15.2 Å². The van der Waals surface area contributed by atoms with Gasteiger partial charge < -0.3 is 15.1 Å². The smallest absolute Gasteiger partial charge is 0.264 e. The third-order valence-corrected chi connectivity index (χ3v) is 5.13. The van der Waals surface area contributed by atoms with E-state index < -0.39 is 0 Å². The lowest BCUT2D eigenvalue weighted by molar-refractivity contribution is 0.0696. The summed E-state index contributed by atoms with van der Waals surface area (Å²) in [4.78, 5) is 17.2. The van der Waals surface area contributed by atoms with Gasteiger partial charge in [-0.25, -0.2) is 0 Å². The van der Waals surface area contributed by atoms with Crippen LogP contribution >= 0.6 is 23.6 Å². The van der Waals surface area contributed by atoms with E-state index in [-0.39, 0.29) is 5.91 Å². The fourth-order valence-electron chi connectivity index (χ4n) is 2.55. The van der Waals surface area contributed by atoms with Crippen LogP contribution in [0.2, 0.25) is 0 Å². The predicted molar refractivity (Wildman–Crippen MR) is 97.7 cm³/mol. The van der Waals surface area contributed by atoms with Crippen molar-refractivity contribution in [3.05, 3.63) is 58.3 Å². The molecule has 4 nitrogen and oxygen atoms in total. The van der Waals surface area contributed by atoms with Gasteiger partial charge in [0, 0.05) is 32.7 Å². The Morgan fingerprint density at radius 1 is 1.04 bits per heavy atom. The molecule has 1 aliphatic heterocycles. The number of rotatable bonds is 3. The van der Waals surface area contributed by atoms with Crippen molar-refractivity contribution >= 4 is 34.6 Å². The van der Waals surface area contributed by atoms with E-state index in [1.807, 2.05) is 40.6 Å². The molecule has 1 amide bonds. The summed E-state index contributed by atoms with van der Waals surface area (Å²) in [6.45, 7) is 3.71. The van der Waals surface area contributed by atoms with Gasteiger partial charge in [0.2, 0.25) is 0 Å². The molecule has 23 heavy (non-hydrogen) atoms. The average Bonchev–Trinajstić information content (AvgIpc) is 3.15. The van der Waals surface area contributed by atoms with E-state index in [1.54, 1.807) is 0 Å². The normalized spacial score (nSPS) is 14.6. The van der Waals surface area contributed by atoms with Gasteiger partial charge >= 0.3 is 0 Å². The fourth-order valence-corrected chi connectivity index (χ4v) is 3.50. The molecule has 2 heterocycles. The van der Waals surface area contributed by atoms with Gasteiger partial charge in [-0.1, -0.05) is 36.4 Å². The minimum atomic E-state index is 0.128. The Bertz CT molecular complexity index is 650. The van der Waals surface area contributed by atoms with Crippen LogP contribution in [0.25, 0.3) is 0 Å². The molecule has 1 aliphatic rings. The first-order chi connectivity index (χ1) is 11.2. The third-order valence-electron chi connectivity index (χ3n) is 3.87. The number of hydrogen-bond acceptors (Lipinski definition) is 3. The zero-order valence-corrected chi connectivity index (χ0v) is 14.4.